The first-order chi connectivity index (χ1) is 23.5. The molecule has 1 aliphatic heterocycles. The van der Waals surface area contributed by atoms with Gasteiger partial charge in [0.05, 0.1) is 28.2 Å². The predicted molar refractivity (Wildman–Crippen MR) is 205 cm³/mol. The molecule has 272 valence electrons. The molecule has 0 bridgehead atoms. The molecule has 50 heavy (non-hydrogen) atoms. The second-order valence-corrected chi connectivity index (χ2v) is 16.9. The van der Waals surface area contributed by atoms with Crippen molar-refractivity contribution in [2.24, 2.45) is 40.5 Å². The molecule has 1 N–H and O–H groups in total. The lowest BCUT2D eigenvalue weighted by atomic mass is 9.75. The molecular weight excluding hydrogens is 620 g/mol. The number of hydrogen-bond acceptors (Lipinski definition) is 5. The average molecular weight is 683 g/mol. The summed E-state index contributed by atoms with van der Waals surface area (Å²) in [6.07, 6.45) is 6.12. The number of aromatic amines is 1. The van der Waals surface area contributed by atoms with Crippen LogP contribution >= 0.6 is 0 Å². The predicted octanol–water partition coefficient (Wildman–Crippen LogP) is 10.7. The van der Waals surface area contributed by atoms with Crippen LogP contribution in [0.5, 0.6) is 0 Å². The summed E-state index contributed by atoms with van der Waals surface area (Å²) in [5.74, 6) is 2.12. The van der Waals surface area contributed by atoms with Crippen LogP contribution in [0.15, 0.2) is 34.0 Å². The molecule has 0 spiro atoms. The quantitative estimate of drug-likeness (QED) is 0.281. The highest BCUT2D eigenvalue weighted by atomic mass is 16.5. The molecule has 1 aromatic heterocycles. The Morgan fingerprint density at radius 2 is 1.24 bits per heavy atom. The molecule has 2 aromatic rings. The SMILES string of the molecule is CC1=N/C(=C(\c2[nH]c(C)c(C(=O)OC3CC(C)CCC3C(C)C)c2C)c2c(C)cc(C)cc2C)C(C)=C1C(=O)OC1CC(C)CCC1C(C)C. The van der Waals surface area contributed by atoms with E-state index in [-0.39, 0.29) is 24.1 Å². The summed E-state index contributed by atoms with van der Waals surface area (Å²) < 4.78 is 12.8. The topological polar surface area (TPSA) is 80.8 Å². The van der Waals surface area contributed by atoms with Crippen LogP contribution in [0.1, 0.15) is 143 Å². The zero-order chi connectivity index (χ0) is 36.8. The van der Waals surface area contributed by atoms with Gasteiger partial charge in [-0.15, -0.1) is 0 Å². The molecule has 0 amide bonds. The van der Waals surface area contributed by atoms with E-state index in [9.17, 15) is 9.59 Å². The van der Waals surface area contributed by atoms with E-state index in [1.54, 1.807) is 0 Å². The summed E-state index contributed by atoms with van der Waals surface area (Å²) >= 11 is 0. The first kappa shape index (κ1) is 37.8. The number of carbonyl (C=O) groups is 2. The number of carbonyl (C=O) groups excluding carboxylic acids is 2. The number of benzene rings is 1. The largest absolute Gasteiger partial charge is 0.458 e. The molecule has 0 radical (unpaired) electrons. The van der Waals surface area contributed by atoms with Gasteiger partial charge in [-0.1, -0.05) is 72.1 Å². The van der Waals surface area contributed by atoms with Gasteiger partial charge in [0, 0.05) is 11.3 Å². The molecule has 1 aromatic carbocycles. The zero-order valence-corrected chi connectivity index (χ0v) is 33.1. The molecular formula is C44H62N2O4. The molecule has 2 fully saturated rings. The number of nitrogens with zero attached hydrogens (tertiary/aromatic N) is 1. The maximum Gasteiger partial charge on any atom is 0.340 e. The number of aliphatic imine (C=N–C) groups is 1. The Bertz CT molecular complexity index is 1710. The number of ether oxygens (including phenoxy) is 2. The van der Waals surface area contributed by atoms with Crippen LogP contribution < -0.4 is 0 Å². The Labute approximate surface area is 301 Å². The Balaban J connectivity index is 1.61. The van der Waals surface area contributed by atoms with E-state index < -0.39 is 0 Å². The van der Waals surface area contributed by atoms with Crippen molar-refractivity contribution in [3.63, 3.8) is 0 Å². The fraction of sp³-hybridized carbons (Fsp3) is 0.614. The molecule has 2 saturated carbocycles. The number of H-pyrrole nitrogens is 1. The molecule has 6 heteroatoms. The van der Waals surface area contributed by atoms with Crippen molar-refractivity contribution in [1.29, 1.82) is 0 Å². The lowest BCUT2D eigenvalue weighted by molar-refractivity contribution is -0.150. The molecule has 6 nitrogen and oxygen atoms in total. The van der Waals surface area contributed by atoms with E-state index in [0.717, 1.165) is 76.2 Å². The second kappa shape index (κ2) is 15.1. The van der Waals surface area contributed by atoms with Crippen molar-refractivity contribution in [1.82, 2.24) is 4.98 Å². The van der Waals surface area contributed by atoms with Gasteiger partial charge < -0.3 is 14.5 Å². The van der Waals surface area contributed by atoms with Gasteiger partial charge in [0.2, 0.25) is 0 Å². The van der Waals surface area contributed by atoms with E-state index >= 15 is 0 Å². The number of nitrogens with one attached hydrogen (secondary N) is 1. The van der Waals surface area contributed by atoms with E-state index in [1.807, 2.05) is 27.7 Å². The van der Waals surface area contributed by atoms with Crippen LogP contribution in [-0.4, -0.2) is 34.8 Å². The third-order valence-electron chi connectivity index (χ3n) is 12.1. The molecule has 3 aliphatic rings. The van der Waals surface area contributed by atoms with Crippen LogP contribution in [-0.2, 0) is 14.3 Å². The summed E-state index contributed by atoms with van der Waals surface area (Å²) in [7, 11) is 0. The van der Waals surface area contributed by atoms with Gasteiger partial charge in [0.1, 0.15) is 12.2 Å². The highest BCUT2D eigenvalue weighted by Crippen LogP contribution is 2.43. The maximum absolute atomic E-state index is 14.1. The summed E-state index contributed by atoms with van der Waals surface area (Å²) in [4.78, 5) is 36.9. The lowest BCUT2D eigenvalue weighted by Crippen LogP contribution is -2.36. The van der Waals surface area contributed by atoms with Crippen LogP contribution in [0.3, 0.4) is 0 Å². The molecule has 0 saturated heterocycles. The van der Waals surface area contributed by atoms with Gasteiger partial charge in [-0.25, -0.2) is 9.59 Å². The van der Waals surface area contributed by atoms with Crippen LogP contribution in [0.25, 0.3) is 5.57 Å². The van der Waals surface area contributed by atoms with Gasteiger partial charge in [-0.3, -0.25) is 4.99 Å². The number of allylic oxidation sites excluding steroid dienone is 1. The van der Waals surface area contributed by atoms with Crippen molar-refractivity contribution in [3.05, 3.63) is 73.7 Å². The third-order valence-corrected chi connectivity index (χ3v) is 12.1. The van der Waals surface area contributed by atoms with E-state index in [1.165, 1.54) is 18.4 Å². The van der Waals surface area contributed by atoms with E-state index in [4.69, 9.17) is 14.5 Å². The fourth-order valence-corrected chi connectivity index (χ4v) is 9.38. The average Bonchev–Trinajstić information content (AvgIpc) is 3.47. The van der Waals surface area contributed by atoms with Crippen LogP contribution in [0, 0.1) is 70.1 Å². The summed E-state index contributed by atoms with van der Waals surface area (Å²) in [6, 6.07) is 4.38. The Morgan fingerprint density at radius 1 is 0.740 bits per heavy atom. The van der Waals surface area contributed by atoms with Gasteiger partial charge in [-0.2, -0.15) is 0 Å². The van der Waals surface area contributed by atoms with Crippen LogP contribution in [0.4, 0.5) is 0 Å². The third kappa shape index (κ3) is 7.46. The zero-order valence-electron chi connectivity index (χ0n) is 33.1. The minimum absolute atomic E-state index is 0.0916. The Hall–Kier alpha value is -3.41. The van der Waals surface area contributed by atoms with E-state index in [0.29, 0.717) is 52.4 Å². The smallest absolute Gasteiger partial charge is 0.340 e. The monoisotopic (exact) mass is 682 g/mol. The van der Waals surface area contributed by atoms with Crippen LogP contribution in [0.2, 0.25) is 0 Å². The number of aryl methyl sites for hydroxylation is 4. The minimum Gasteiger partial charge on any atom is -0.458 e. The van der Waals surface area contributed by atoms with Crippen molar-refractivity contribution >= 4 is 23.2 Å². The Kier molecular flexibility index (Phi) is 11.4. The number of esters is 2. The number of hydrogen-bond donors (Lipinski definition) is 1. The number of aromatic nitrogens is 1. The minimum atomic E-state index is -0.287. The molecule has 6 atom stereocenters. The summed E-state index contributed by atoms with van der Waals surface area (Å²) in [5, 5.41) is 0. The standard InChI is InChI=1S/C44H62N2O4/c1-22(2)33-16-14-24(5)20-35(33)49-43(47)38-29(10)41(45-31(38)12)40(37-27(8)18-26(7)19-28(37)9)42-30(11)39(32(13)46-42)44(48)50-36-21-25(6)15-17-34(36)23(3)4/h18-19,22-25,33-36,45H,14-17,20-21H2,1-13H3/b42-40-. The normalized spacial score (nSPS) is 26.8. The number of rotatable bonds is 8. The first-order valence-corrected chi connectivity index (χ1v) is 19.2. The highest BCUT2D eigenvalue weighted by Gasteiger charge is 2.38. The molecule has 6 unspecified atom stereocenters. The summed E-state index contributed by atoms with van der Waals surface area (Å²) in [6.45, 7) is 27.7. The summed E-state index contributed by atoms with van der Waals surface area (Å²) in [5.41, 5.74) is 11.2. The van der Waals surface area contributed by atoms with E-state index in [2.05, 4.69) is 79.4 Å². The van der Waals surface area contributed by atoms with Gasteiger partial charge >= 0.3 is 11.9 Å². The van der Waals surface area contributed by atoms with Gasteiger partial charge in [0.25, 0.3) is 0 Å². The van der Waals surface area contributed by atoms with Crippen molar-refractivity contribution < 1.29 is 19.1 Å². The van der Waals surface area contributed by atoms with Gasteiger partial charge in [-0.05, 0) is 137 Å². The second-order valence-electron chi connectivity index (χ2n) is 16.9. The molecule has 5 rings (SSSR count). The van der Waals surface area contributed by atoms with Crippen molar-refractivity contribution in [2.75, 3.05) is 0 Å². The lowest BCUT2D eigenvalue weighted by Gasteiger charge is -2.36. The molecule has 2 aliphatic carbocycles. The maximum atomic E-state index is 14.1. The fourth-order valence-electron chi connectivity index (χ4n) is 9.38. The van der Waals surface area contributed by atoms with Crippen molar-refractivity contribution in [3.8, 4) is 0 Å². The Morgan fingerprint density at radius 3 is 1.74 bits per heavy atom. The molecule has 2 heterocycles. The highest BCUT2D eigenvalue weighted by molar-refractivity contribution is 6.23. The first-order valence-electron chi connectivity index (χ1n) is 19.2. The van der Waals surface area contributed by atoms with Crippen molar-refractivity contribution in [2.45, 2.75) is 141 Å². The van der Waals surface area contributed by atoms with Gasteiger partial charge in [0.15, 0.2) is 0 Å².